The van der Waals surface area contributed by atoms with Gasteiger partial charge < -0.3 is 14.7 Å². The van der Waals surface area contributed by atoms with E-state index in [2.05, 4.69) is 0 Å². The zero-order valence-corrected chi connectivity index (χ0v) is 14.9. The SMILES string of the molecule is CC(=O)N(CC(=O)N1CCc2ccccc21)c1ccc(N(C)C)cc1. The molecule has 0 unspecified atom stereocenters. The molecule has 1 heterocycles. The lowest BCUT2D eigenvalue weighted by Crippen LogP contribution is -2.41. The number of carbonyl (C=O) groups is 2. The lowest BCUT2D eigenvalue weighted by molar-refractivity contribution is -0.121. The summed E-state index contributed by atoms with van der Waals surface area (Å²) in [4.78, 5) is 30.2. The van der Waals surface area contributed by atoms with Crippen LogP contribution in [0, 0.1) is 0 Å². The average Bonchev–Trinajstić information content (AvgIpc) is 3.03. The summed E-state index contributed by atoms with van der Waals surface area (Å²) in [7, 11) is 3.93. The van der Waals surface area contributed by atoms with Crippen LogP contribution in [0.3, 0.4) is 0 Å². The number of benzene rings is 2. The van der Waals surface area contributed by atoms with Gasteiger partial charge in [0.2, 0.25) is 11.8 Å². The summed E-state index contributed by atoms with van der Waals surface area (Å²) >= 11 is 0. The quantitative estimate of drug-likeness (QED) is 0.862. The highest BCUT2D eigenvalue weighted by molar-refractivity contribution is 6.04. The van der Waals surface area contributed by atoms with Crippen molar-refractivity contribution in [2.45, 2.75) is 13.3 Å². The highest BCUT2D eigenvalue weighted by Crippen LogP contribution is 2.28. The molecule has 1 aliphatic rings. The zero-order chi connectivity index (χ0) is 18.0. The fourth-order valence-corrected chi connectivity index (χ4v) is 3.13. The smallest absolute Gasteiger partial charge is 0.247 e. The maximum atomic E-state index is 12.8. The van der Waals surface area contributed by atoms with Crippen LogP contribution in [-0.2, 0) is 16.0 Å². The molecule has 0 spiro atoms. The fourth-order valence-electron chi connectivity index (χ4n) is 3.13. The van der Waals surface area contributed by atoms with Crippen molar-refractivity contribution in [3.8, 4) is 0 Å². The fraction of sp³-hybridized carbons (Fsp3) is 0.300. The summed E-state index contributed by atoms with van der Waals surface area (Å²) in [6.45, 7) is 2.21. The first-order valence-corrected chi connectivity index (χ1v) is 8.41. The lowest BCUT2D eigenvalue weighted by Gasteiger charge is -2.25. The van der Waals surface area contributed by atoms with Gasteiger partial charge in [-0.05, 0) is 42.3 Å². The summed E-state index contributed by atoms with van der Waals surface area (Å²) in [6, 6.07) is 15.6. The van der Waals surface area contributed by atoms with E-state index in [9.17, 15) is 9.59 Å². The Kier molecular flexibility index (Phi) is 4.74. The van der Waals surface area contributed by atoms with Crippen LogP contribution in [0.5, 0.6) is 0 Å². The number of nitrogens with zero attached hydrogens (tertiary/aromatic N) is 3. The monoisotopic (exact) mass is 337 g/mol. The molecule has 0 saturated carbocycles. The molecule has 0 atom stereocenters. The molecule has 0 bridgehead atoms. The first-order valence-electron chi connectivity index (χ1n) is 8.41. The molecular weight excluding hydrogens is 314 g/mol. The molecule has 2 aromatic rings. The third kappa shape index (κ3) is 3.50. The lowest BCUT2D eigenvalue weighted by atomic mass is 10.2. The standard InChI is InChI=1S/C20H23N3O2/c1-15(24)23(18-10-8-17(9-11-18)21(2)3)14-20(25)22-13-12-16-6-4-5-7-19(16)22/h4-11H,12-14H2,1-3H3. The van der Waals surface area contributed by atoms with E-state index in [1.54, 1.807) is 4.90 Å². The Morgan fingerprint density at radius 1 is 1.00 bits per heavy atom. The van der Waals surface area contributed by atoms with E-state index in [4.69, 9.17) is 0 Å². The van der Waals surface area contributed by atoms with Crippen LogP contribution in [-0.4, -0.2) is 39.0 Å². The predicted molar refractivity (Wildman–Crippen MR) is 101 cm³/mol. The highest BCUT2D eigenvalue weighted by Gasteiger charge is 2.26. The number of rotatable bonds is 4. The molecule has 0 N–H and O–H groups in total. The highest BCUT2D eigenvalue weighted by atomic mass is 16.2. The van der Waals surface area contributed by atoms with Crippen molar-refractivity contribution in [2.75, 3.05) is 41.9 Å². The van der Waals surface area contributed by atoms with Gasteiger partial charge in [0, 0.05) is 44.6 Å². The molecular formula is C20H23N3O2. The summed E-state index contributed by atoms with van der Waals surface area (Å²) < 4.78 is 0. The second-order valence-electron chi connectivity index (χ2n) is 6.44. The van der Waals surface area contributed by atoms with Crippen LogP contribution in [0.25, 0.3) is 0 Å². The molecule has 130 valence electrons. The van der Waals surface area contributed by atoms with Gasteiger partial charge in [0.1, 0.15) is 6.54 Å². The largest absolute Gasteiger partial charge is 0.378 e. The molecule has 2 amide bonds. The van der Waals surface area contributed by atoms with Gasteiger partial charge in [0.15, 0.2) is 0 Å². The van der Waals surface area contributed by atoms with Crippen LogP contribution in [0.15, 0.2) is 48.5 Å². The number of fused-ring (bicyclic) bond motifs is 1. The maximum Gasteiger partial charge on any atom is 0.247 e. The molecule has 0 radical (unpaired) electrons. The number of hydrogen-bond acceptors (Lipinski definition) is 3. The van der Waals surface area contributed by atoms with E-state index in [0.29, 0.717) is 6.54 Å². The van der Waals surface area contributed by atoms with Crippen LogP contribution in [0.1, 0.15) is 12.5 Å². The van der Waals surface area contributed by atoms with Gasteiger partial charge in [-0.3, -0.25) is 9.59 Å². The maximum absolute atomic E-state index is 12.8. The minimum Gasteiger partial charge on any atom is -0.378 e. The summed E-state index contributed by atoms with van der Waals surface area (Å²) in [5.41, 5.74) is 3.92. The second-order valence-corrected chi connectivity index (χ2v) is 6.44. The van der Waals surface area contributed by atoms with Gasteiger partial charge in [-0.1, -0.05) is 18.2 Å². The van der Waals surface area contributed by atoms with Gasteiger partial charge in [-0.15, -0.1) is 0 Å². The summed E-state index contributed by atoms with van der Waals surface area (Å²) in [5.74, 6) is -0.199. The summed E-state index contributed by atoms with van der Waals surface area (Å²) in [6.07, 6.45) is 0.861. The molecule has 0 saturated heterocycles. The van der Waals surface area contributed by atoms with Crippen molar-refractivity contribution in [3.63, 3.8) is 0 Å². The van der Waals surface area contributed by atoms with E-state index >= 15 is 0 Å². The minimum absolute atomic E-state index is 0.0466. The van der Waals surface area contributed by atoms with Crippen molar-refractivity contribution in [2.24, 2.45) is 0 Å². The topological polar surface area (TPSA) is 43.9 Å². The van der Waals surface area contributed by atoms with Gasteiger partial charge in [-0.2, -0.15) is 0 Å². The van der Waals surface area contributed by atoms with Gasteiger partial charge in [0.25, 0.3) is 0 Å². The number of para-hydroxylation sites is 1. The van der Waals surface area contributed by atoms with Crippen LogP contribution >= 0.6 is 0 Å². The molecule has 3 rings (SSSR count). The van der Waals surface area contributed by atoms with Crippen molar-refractivity contribution in [1.82, 2.24) is 0 Å². The molecule has 5 heteroatoms. The number of amides is 2. The second kappa shape index (κ2) is 6.97. The van der Waals surface area contributed by atoms with E-state index in [-0.39, 0.29) is 18.4 Å². The van der Waals surface area contributed by atoms with Crippen LogP contribution in [0.4, 0.5) is 17.1 Å². The molecule has 0 fully saturated rings. The first kappa shape index (κ1) is 17.0. The predicted octanol–water partition coefficient (Wildman–Crippen LogP) is 2.69. The molecule has 1 aliphatic heterocycles. The van der Waals surface area contributed by atoms with Crippen molar-refractivity contribution in [1.29, 1.82) is 0 Å². The van der Waals surface area contributed by atoms with E-state index in [1.165, 1.54) is 17.4 Å². The Morgan fingerprint density at radius 2 is 1.64 bits per heavy atom. The van der Waals surface area contributed by atoms with Gasteiger partial charge in [0.05, 0.1) is 0 Å². The third-order valence-corrected chi connectivity index (χ3v) is 4.54. The third-order valence-electron chi connectivity index (χ3n) is 4.54. The number of anilines is 3. The summed E-state index contributed by atoms with van der Waals surface area (Å²) in [5, 5.41) is 0. The number of hydrogen-bond donors (Lipinski definition) is 0. The van der Waals surface area contributed by atoms with Crippen molar-refractivity contribution < 1.29 is 9.59 Å². The molecule has 5 nitrogen and oxygen atoms in total. The molecule has 25 heavy (non-hydrogen) atoms. The Morgan fingerprint density at radius 3 is 2.28 bits per heavy atom. The normalized spacial score (nSPS) is 12.7. The molecule has 0 aromatic heterocycles. The zero-order valence-electron chi connectivity index (χ0n) is 14.9. The Balaban J connectivity index is 1.78. The van der Waals surface area contributed by atoms with E-state index in [0.717, 1.165) is 23.5 Å². The van der Waals surface area contributed by atoms with E-state index in [1.807, 2.05) is 67.5 Å². The Labute approximate surface area is 148 Å². The van der Waals surface area contributed by atoms with Gasteiger partial charge in [-0.25, -0.2) is 0 Å². The first-order chi connectivity index (χ1) is 12.0. The Bertz CT molecular complexity index is 784. The average molecular weight is 337 g/mol. The molecule has 2 aromatic carbocycles. The Hall–Kier alpha value is -2.82. The van der Waals surface area contributed by atoms with Crippen LogP contribution < -0.4 is 14.7 Å². The number of carbonyl (C=O) groups excluding carboxylic acids is 2. The van der Waals surface area contributed by atoms with Crippen LogP contribution in [0.2, 0.25) is 0 Å². The van der Waals surface area contributed by atoms with Crippen molar-refractivity contribution >= 4 is 28.9 Å². The minimum atomic E-state index is -0.140. The van der Waals surface area contributed by atoms with E-state index < -0.39 is 0 Å². The molecule has 0 aliphatic carbocycles. The van der Waals surface area contributed by atoms with Gasteiger partial charge >= 0.3 is 0 Å². The van der Waals surface area contributed by atoms with Crippen molar-refractivity contribution in [3.05, 3.63) is 54.1 Å².